The standard InChI is InChI=1S/C23H23FN2O4/c1-12-20(21(28)26-23(2,11-27)22(25)29)17-9-16(18(24)10-19(17)30-12)15-6-4-3-5-14(15)13-7-8-13/h3-6,9-10,13,27H,7-8,11H2,1-2H3,(H2,25,29)(H,26,28)/t23-/m0/s1. The number of nitrogens with one attached hydrogen (secondary N) is 1. The molecule has 1 aliphatic rings. The summed E-state index contributed by atoms with van der Waals surface area (Å²) >= 11 is 0. The number of hydrogen-bond donors (Lipinski definition) is 3. The van der Waals surface area contributed by atoms with Crippen LogP contribution in [0.3, 0.4) is 0 Å². The van der Waals surface area contributed by atoms with Crippen LogP contribution >= 0.6 is 0 Å². The fraction of sp³-hybridized carbons (Fsp3) is 0.304. The maximum atomic E-state index is 15.0. The molecule has 1 atom stereocenters. The topological polar surface area (TPSA) is 106 Å². The van der Waals surface area contributed by atoms with E-state index in [1.807, 2.05) is 24.3 Å². The zero-order valence-corrected chi connectivity index (χ0v) is 16.8. The molecule has 0 aliphatic heterocycles. The first-order valence-corrected chi connectivity index (χ1v) is 9.80. The lowest BCUT2D eigenvalue weighted by Crippen LogP contribution is -2.57. The van der Waals surface area contributed by atoms with Gasteiger partial charge in [-0.05, 0) is 49.8 Å². The van der Waals surface area contributed by atoms with E-state index in [-0.39, 0.29) is 16.9 Å². The number of amides is 2. The Hall–Kier alpha value is -3.19. The maximum Gasteiger partial charge on any atom is 0.256 e. The fourth-order valence-electron chi connectivity index (χ4n) is 3.71. The van der Waals surface area contributed by atoms with Gasteiger partial charge in [0.25, 0.3) is 5.91 Å². The van der Waals surface area contributed by atoms with Gasteiger partial charge in [0.15, 0.2) is 0 Å². The molecule has 4 N–H and O–H groups in total. The number of aryl methyl sites for hydroxylation is 1. The van der Waals surface area contributed by atoms with E-state index in [2.05, 4.69) is 5.32 Å². The molecule has 0 spiro atoms. The summed E-state index contributed by atoms with van der Waals surface area (Å²) in [4.78, 5) is 24.6. The molecule has 2 aromatic carbocycles. The van der Waals surface area contributed by atoms with Crippen LogP contribution in [0.2, 0.25) is 0 Å². The summed E-state index contributed by atoms with van der Waals surface area (Å²) in [6.07, 6.45) is 2.15. The number of hydrogen-bond acceptors (Lipinski definition) is 4. The van der Waals surface area contributed by atoms with Crippen molar-refractivity contribution < 1.29 is 23.5 Å². The third kappa shape index (κ3) is 3.35. The lowest BCUT2D eigenvalue weighted by Gasteiger charge is -2.24. The molecule has 3 aromatic rings. The van der Waals surface area contributed by atoms with Gasteiger partial charge in [-0.2, -0.15) is 0 Å². The minimum atomic E-state index is -1.63. The highest BCUT2D eigenvalue weighted by molar-refractivity contribution is 6.09. The Bertz CT molecular complexity index is 1170. The minimum absolute atomic E-state index is 0.177. The number of aliphatic hydroxyl groups excluding tert-OH is 1. The van der Waals surface area contributed by atoms with E-state index in [4.69, 9.17) is 10.2 Å². The molecule has 30 heavy (non-hydrogen) atoms. The van der Waals surface area contributed by atoms with Crippen LogP contribution in [0.5, 0.6) is 0 Å². The van der Waals surface area contributed by atoms with E-state index in [9.17, 15) is 19.1 Å². The second-order valence-corrected chi connectivity index (χ2v) is 8.03. The number of fused-ring (bicyclic) bond motifs is 1. The minimum Gasteiger partial charge on any atom is -0.460 e. The molecule has 7 heteroatoms. The van der Waals surface area contributed by atoms with Gasteiger partial charge in [-0.1, -0.05) is 24.3 Å². The number of benzene rings is 2. The summed E-state index contributed by atoms with van der Waals surface area (Å²) in [7, 11) is 0. The van der Waals surface area contributed by atoms with Crippen molar-refractivity contribution in [2.75, 3.05) is 6.61 Å². The third-order valence-corrected chi connectivity index (χ3v) is 5.70. The van der Waals surface area contributed by atoms with E-state index in [1.165, 1.54) is 13.0 Å². The van der Waals surface area contributed by atoms with Crippen molar-refractivity contribution in [1.82, 2.24) is 5.32 Å². The molecule has 1 aliphatic carbocycles. The summed E-state index contributed by atoms with van der Waals surface area (Å²) in [5, 5.41) is 12.4. The second kappa shape index (κ2) is 7.25. The molecular formula is C23H23FN2O4. The quantitative estimate of drug-likeness (QED) is 0.579. The molecule has 1 heterocycles. The van der Waals surface area contributed by atoms with Crippen molar-refractivity contribution in [3.63, 3.8) is 0 Å². The molecule has 2 amide bonds. The lowest BCUT2D eigenvalue weighted by atomic mass is 9.94. The van der Waals surface area contributed by atoms with Crippen LogP contribution in [0.15, 0.2) is 40.8 Å². The van der Waals surface area contributed by atoms with Gasteiger partial charge in [-0.3, -0.25) is 9.59 Å². The zero-order chi connectivity index (χ0) is 21.6. The number of primary amides is 1. The number of aliphatic hydroxyl groups is 1. The van der Waals surface area contributed by atoms with Gasteiger partial charge in [0, 0.05) is 17.0 Å². The van der Waals surface area contributed by atoms with Crippen molar-refractivity contribution in [3.8, 4) is 11.1 Å². The van der Waals surface area contributed by atoms with Crippen LogP contribution in [0.25, 0.3) is 22.1 Å². The number of nitrogens with two attached hydrogens (primary N) is 1. The molecule has 1 aromatic heterocycles. The van der Waals surface area contributed by atoms with Gasteiger partial charge < -0.3 is 20.6 Å². The Morgan fingerprint density at radius 3 is 2.60 bits per heavy atom. The van der Waals surface area contributed by atoms with Crippen molar-refractivity contribution in [2.24, 2.45) is 5.73 Å². The molecule has 1 saturated carbocycles. The number of furan rings is 1. The molecule has 0 radical (unpaired) electrons. The smallest absolute Gasteiger partial charge is 0.256 e. The Morgan fingerprint density at radius 1 is 1.27 bits per heavy atom. The van der Waals surface area contributed by atoms with Crippen LogP contribution < -0.4 is 11.1 Å². The fourth-order valence-corrected chi connectivity index (χ4v) is 3.71. The van der Waals surface area contributed by atoms with Crippen molar-refractivity contribution in [2.45, 2.75) is 38.1 Å². The highest BCUT2D eigenvalue weighted by Crippen LogP contribution is 2.45. The largest absolute Gasteiger partial charge is 0.460 e. The summed E-state index contributed by atoms with van der Waals surface area (Å²) in [5.41, 5.74) is 6.36. The first-order valence-electron chi connectivity index (χ1n) is 9.80. The van der Waals surface area contributed by atoms with Crippen LogP contribution in [0, 0.1) is 12.7 Å². The Morgan fingerprint density at radius 2 is 1.97 bits per heavy atom. The van der Waals surface area contributed by atoms with Gasteiger partial charge in [0.05, 0.1) is 12.2 Å². The van der Waals surface area contributed by atoms with Crippen LogP contribution in [-0.4, -0.2) is 29.1 Å². The highest BCUT2D eigenvalue weighted by Gasteiger charge is 2.34. The predicted molar refractivity (Wildman–Crippen MR) is 110 cm³/mol. The molecule has 0 bridgehead atoms. The molecule has 156 valence electrons. The lowest BCUT2D eigenvalue weighted by molar-refractivity contribution is -0.124. The monoisotopic (exact) mass is 410 g/mol. The summed E-state index contributed by atoms with van der Waals surface area (Å²) in [5.74, 6) is -1.23. The van der Waals surface area contributed by atoms with Gasteiger partial charge in [-0.25, -0.2) is 4.39 Å². The van der Waals surface area contributed by atoms with Gasteiger partial charge in [0.1, 0.15) is 22.7 Å². The number of carbonyl (C=O) groups excluding carboxylic acids is 2. The van der Waals surface area contributed by atoms with Crippen molar-refractivity contribution in [3.05, 3.63) is 59.1 Å². The third-order valence-electron chi connectivity index (χ3n) is 5.70. The normalized spacial score (nSPS) is 15.7. The molecule has 1 fully saturated rings. The predicted octanol–water partition coefficient (Wildman–Crippen LogP) is 3.39. The Kier molecular flexibility index (Phi) is 4.86. The highest BCUT2D eigenvalue weighted by atomic mass is 19.1. The van der Waals surface area contributed by atoms with Crippen LogP contribution in [-0.2, 0) is 4.79 Å². The molecule has 0 unspecified atom stereocenters. The maximum absolute atomic E-state index is 15.0. The first kappa shape index (κ1) is 20.1. The van der Waals surface area contributed by atoms with E-state index in [0.717, 1.165) is 24.0 Å². The van der Waals surface area contributed by atoms with Crippen LogP contribution in [0.4, 0.5) is 4.39 Å². The average Bonchev–Trinajstić information content (AvgIpc) is 3.50. The summed E-state index contributed by atoms with van der Waals surface area (Å²) in [6, 6.07) is 10.6. The first-order chi connectivity index (χ1) is 14.2. The van der Waals surface area contributed by atoms with E-state index in [1.54, 1.807) is 13.0 Å². The van der Waals surface area contributed by atoms with Gasteiger partial charge >= 0.3 is 0 Å². The summed E-state index contributed by atoms with van der Waals surface area (Å²) < 4.78 is 20.6. The number of rotatable bonds is 6. The van der Waals surface area contributed by atoms with Gasteiger partial charge in [0.2, 0.25) is 5.91 Å². The number of carbonyl (C=O) groups is 2. The number of halogens is 1. The Labute approximate surface area is 172 Å². The van der Waals surface area contributed by atoms with Gasteiger partial charge in [-0.15, -0.1) is 0 Å². The average molecular weight is 410 g/mol. The van der Waals surface area contributed by atoms with Crippen molar-refractivity contribution in [1.29, 1.82) is 0 Å². The van der Waals surface area contributed by atoms with E-state index < -0.39 is 29.8 Å². The summed E-state index contributed by atoms with van der Waals surface area (Å²) in [6.45, 7) is 2.27. The van der Waals surface area contributed by atoms with E-state index in [0.29, 0.717) is 16.9 Å². The van der Waals surface area contributed by atoms with E-state index >= 15 is 0 Å². The molecule has 0 saturated heterocycles. The van der Waals surface area contributed by atoms with Crippen molar-refractivity contribution >= 4 is 22.8 Å². The second-order valence-electron chi connectivity index (χ2n) is 8.03. The molecular weight excluding hydrogens is 387 g/mol. The SMILES string of the molecule is Cc1oc2cc(F)c(-c3ccccc3C3CC3)cc2c1C(=O)N[C@@](C)(CO)C(N)=O. The molecule has 6 nitrogen and oxygen atoms in total. The Balaban J connectivity index is 1.83. The zero-order valence-electron chi connectivity index (χ0n) is 16.8. The molecule has 4 rings (SSSR count). The van der Waals surface area contributed by atoms with Crippen LogP contribution in [0.1, 0.15) is 47.4 Å².